The van der Waals surface area contributed by atoms with Crippen LogP contribution in [0, 0.1) is 6.92 Å². The molecule has 1 unspecified atom stereocenters. The van der Waals surface area contributed by atoms with Gasteiger partial charge in [-0.1, -0.05) is 11.3 Å². The second-order valence-electron chi connectivity index (χ2n) is 3.27. The monoisotopic (exact) mass is 227 g/mol. The Morgan fingerprint density at radius 1 is 1.53 bits per heavy atom. The van der Waals surface area contributed by atoms with Crippen molar-refractivity contribution < 1.29 is 9.59 Å². The molecule has 0 spiro atoms. The largest absolute Gasteiger partial charge is 0.320 e. The molecule has 1 aromatic rings. The molecule has 1 heterocycles. The zero-order chi connectivity index (χ0) is 11.6. The SMILES string of the molecule is CC(=O)c1sc(NC(=O)C(C)N)nc1C. The van der Waals surface area contributed by atoms with Crippen LogP contribution in [0.15, 0.2) is 0 Å². The number of hydrogen-bond acceptors (Lipinski definition) is 5. The van der Waals surface area contributed by atoms with Gasteiger partial charge in [0.1, 0.15) is 0 Å². The topological polar surface area (TPSA) is 85.1 Å². The van der Waals surface area contributed by atoms with Crippen molar-refractivity contribution >= 4 is 28.2 Å². The number of hydrogen-bond donors (Lipinski definition) is 2. The average molecular weight is 227 g/mol. The Balaban J connectivity index is 2.84. The van der Waals surface area contributed by atoms with Crippen LogP contribution in [0.2, 0.25) is 0 Å². The summed E-state index contributed by atoms with van der Waals surface area (Å²) in [6.45, 7) is 4.79. The predicted octanol–water partition coefficient (Wildman–Crippen LogP) is 0.940. The maximum atomic E-state index is 11.2. The van der Waals surface area contributed by atoms with E-state index in [0.29, 0.717) is 15.7 Å². The number of Topliss-reactive ketones (excluding diaryl/α,β-unsaturated/α-hetero) is 1. The highest BCUT2D eigenvalue weighted by atomic mass is 32.1. The summed E-state index contributed by atoms with van der Waals surface area (Å²) < 4.78 is 0. The van der Waals surface area contributed by atoms with E-state index in [2.05, 4.69) is 10.3 Å². The summed E-state index contributed by atoms with van der Waals surface area (Å²) in [6.07, 6.45) is 0. The molecule has 82 valence electrons. The number of ketones is 1. The molecule has 3 N–H and O–H groups in total. The minimum atomic E-state index is -0.588. The van der Waals surface area contributed by atoms with Gasteiger partial charge in [-0.05, 0) is 13.8 Å². The number of carbonyl (C=O) groups is 2. The summed E-state index contributed by atoms with van der Waals surface area (Å²) in [5.41, 5.74) is 6.02. The molecule has 15 heavy (non-hydrogen) atoms. The van der Waals surface area contributed by atoms with Crippen molar-refractivity contribution in [3.63, 3.8) is 0 Å². The second kappa shape index (κ2) is 4.50. The van der Waals surface area contributed by atoms with Gasteiger partial charge in [-0.2, -0.15) is 0 Å². The number of aromatic nitrogens is 1. The third kappa shape index (κ3) is 2.84. The fourth-order valence-corrected chi connectivity index (χ4v) is 1.86. The first-order chi connectivity index (χ1) is 6.91. The molecule has 5 nitrogen and oxygen atoms in total. The van der Waals surface area contributed by atoms with Crippen molar-refractivity contribution in [2.24, 2.45) is 5.73 Å². The van der Waals surface area contributed by atoms with E-state index in [1.165, 1.54) is 18.3 Å². The van der Waals surface area contributed by atoms with E-state index in [-0.39, 0.29) is 11.7 Å². The van der Waals surface area contributed by atoms with E-state index in [9.17, 15) is 9.59 Å². The summed E-state index contributed by atoms with van der Waals surface area (Å²) >= 11 is 1.17. The van der Waals surface area contributed by atoms with Gasteiger partial charge in [0, 0.05) is 6.92 Å². The number of aryl methyl sites for hydroxylation is 1. The lowest BCUT2D eigenvalue weighted by atomic mass is 10.3. The normalized spacial score (nSPS) is 12.3. The summed E-state index contributed by atoms with van der Waals surface area (Å²) in [5, 5.41) is 2.97. The average Bonchev–Trinajstić information content (AvgIpc) is 2.46. The number of rotatable bonds is 3. The molecular weight excluding hydrogens is 214 g/mol. The highest BCUT2D eigenvalue weighted by Crippen LogP contribution is 2.22. The Bertz CT molecular complexity index is 398. The van der Waals surface area contributed by atoms with E-state index >= 15 is 0 Å². The van der Waals surface area contributed by atoms with Crippen LogP contribution in [-0.2, 0) is 4.79 Å². The third-order valence-electron chi connectivity index (χ3n) is 1.76. The van der Waals surface area contributed by atoms with Gasteiger partial charge in [0.2, 0.25) is 5.91 Å². The van der Waals surface area contributed by atoms with Crippen LogP contribution < -0.4 is 11.1 Å². The fourth-order valence-electron chi connectivity index (χ4n) is 0.996. The molecule has 1 atom stereocenters. The molecular formula is C9H13N3O2S. The Labute approximate surface area is 91.7 Å². The molecule has 0 fully saturated rings. The van der Waals surface area contributed by atoms with Crippen molar-refractivity contribution in [2.75, 3.05) is 5.32 Å². The number of carbonyl (C=O) groups excluding carboxylic acids is 2. The third-order valence-corrected chi connectivity index (χ3v) is 2.93. The van der Waals surface area contributed by atoms with Crippen molar-refractivity contribution in [1.29, 1.82) is 0 Å². The van der Waals surface area contributed by atoms with E-state index in [1.807, 2.05) is 0 Å². The van der Waals surface area contributed by atoms with Gasteiger partial charge in [0.05, 0.1) is 16.6 Å². The molecule has 0 saturated heterocycles. The minimum absolute atomic E-state index is 0.0497. The van der Waals surface area contributed by atoms with E-state index < -0.39 is 6.04 Å². The van der Waals surface area contributed by atoms with Gasteiger partial charge in [-0.25, -0.2) is 4.98 Å². The summed E-state index contributed by atoms with van der Waals surface area (Å²) in [5.74, 6) is -0.356. The summed E-state index contributed by atoms with van der Waals surface area (Å²) in [7, 11) is 0. The lowest BCUT2D eigenvalue weighted by Crippen LogP contribution is -2.32. The number of nitrogens with one attached hydrogen (secondary N) is 1. The lowest BCUT2D eigenvalue weighted by Gasteiger charge is -2.03. The molecule has 0 radical (unpaired) electrons. The van der Waals surface area contributed by atoms with Crippen LogP contribution in [-0.4, -0.2) is 22.7 Å². The van der Waals surface area contributed by atoms with Crippen molar-refractivity contribution in [1.82, 2.24) is 4.98 Å². The minimum Gasteiger partial charge on any atom is -0.320 e. The Kier molecular flexibility index (Phi) is 3.54. The molecule has 0 bridgehead atoms. The second-order valence-corrected chi connectivity index (χ2v) is 4.27. The van der Waals surface area contributed by atoms with E-state index in [0.717, 1.165) is 0 Å². The molecule has 1 amide bonds. The Morgan fingerprint density at radius 3 is 2.53 bits per heavy atom. The van der Waals surface area contributed by atoms with Crippen LogP contribution in [0.1, 0.15) is 29.2 Å². The van der Waals surface area contributed by atoms with Crippen molar-refractivity contribution in [3.05, 3.63) is 10.6 Å². The van der Waals surface area contributed by atoms with Gasteiger partial charge in [-0.3, -0.25) is 9.59 Å². The van der Waals surface area contributed by atoms with Crippen LogP contribution in [0.3, 0.4) is 0 Å². The first kappa shape index (κ1) is 11.8. The first-order valence-electron chi connectivity index (χ1n) is 4.46. The maximum absolute atomic E-state index is 11.2. The van der Waals surface area contributed by atoms with Gasteiger partial charge >= 0.3 is 0 Å². The molecule has 0 aliphatic rings. The summed E-state index contributed by atoms with van der Waals surface area (Å²) in [6, 6.07) is -0.588. The maximum Gasteiger partial charge on any atom is 0.242 e. The van der Waals surface area contributed by atoms with Crippen LogP contribution >= 0.6 is 11.3 Å². The van der Waals surface area contributed by atoms with Crippen LogP contribution in [0.25, 0.3) is 0 Å². The van der Waals surface area contributed by atoms with Crippen molar-refractivity contribution in [3.8, 4) is 0 Å². The van der Waals surface area contributed by atoms with Gasteiger partial charge in [-0.15, -0.1) is 0 Å². The zero-order valence-electron chi connectivity index (χ0n) is 8.83. The highest BCUT2D eigenvalue weighted by Gasteiger charge is 2.14. The molecule has 1 rings (SSSR count). The number of anilines is 1. The van der Waals surface area contributed by atoms with E-state index in [1.54, 1.807) is 13.8 Å². The smallest absolute Gasteiger partial charge is 0.242 e. The predicted molar refractivity (Wildman–Crippen MR) is 59.1 cm³/mol. The van der Waals surface area contributed by atoms with Crippen molar-refractivity contribution in [2.45, 2.75) is 26.8 Å². The highest BCUT2D eigenvalue weighted by molar-refractivity contribution is 7.17. The van der Waals surface area contributed by atoms with Gasteiger partial charge in [0.25, 0.3) is 0 Å². The van der Waals surface area contributed by atoms with Gasteiger partial charge in [0.15, 0.2) is 10.9 Å². The quantitative estimate of drug-likeness (QED) is 0.752. The van der Waals surface area contributed by atoms with Gasteiger partial charge < -0.3 is 11.1 Å². The lowest BCUT2D eigenvalue weighted by molar-refractivity contribution is -0.117. The Hall–Kier alpha value is -1.27. The molecule has 0 aliphatic carbocycles. The van der Waals surface area contributed by atoms with Crippen LogP contribution in [0.4, 0.5) is 5.13 Å². The first-order valence-corrected chi connectivity index (χ1v) is 5.28. The summed E-state index contributed by atoms with van der Waals surface area (Å²) in [4.78, 5) is 27.0. The molecule has 0 aliphatic heterocycles. The molecule has 0 saturated carbocycles. The number of nitrogens with two attached hydrogens (primary N) is 1. The molecule has 1 aromatic heterocycles. The number of nitrogens with zero attached hydrogens (tertiary/aromatic N) is 1. The Morgan fingerprint density at radius 2 is 2.13 bits per heavy atom. The van der Waals surface area contributed by atoms with Crippen LogP contribution in [0.5, 0.6) is 0 Å². The standard InChI is InChI=1S/C9H13N3O2S/c1-4(10)8(14)12-9-11-5(2)7(15-9)6(3)13/h4H,10H2,1-3H3,(H,11,12,14). The number of thiazole rings is 1. The molecule has 0 aromatic carbocycles. The van der Waals surface area contributed by atoms with E-state index in [4.69, 9.17) is 5.73 Å². The number of amides is 1. The zero-order valence-corrected chi connectivity index (χ0v) is 9.64. The molecule has 6 heteroatoms. The fraction of sp³-hybridized carbons (Fsp3) is 0.444.